The van der Waals surface area contributed by atoms with Gasteiger partial charge in [-0.1, -0.05) is 19.9 Å². The summed E-state index contributed by atoms with van der Waals surface area (Å²) in [7, 11) is 0. The molecular weight excluding hydrogens is 255 g/mol. The van der Waals surface area contributed by atoms with E-state index in [9.17, 15) is 9.18 Å². The summed E-state index contributed by atoms with van der Waals surface area (Å²) >= 11 is 3.99. The van der Waals surface area contributed by atoms with Crippen LogP contribution in [0.4, 0.5) is 4.39 Å². The molecule has 7 heteroatoms. The van der Waals surface area contributed by atoms with Crippen LogP contribution in [0.15, 0.2) is 24.5 Å². The minimum atomic E-state index is -0.809. The molecule has 0 aliphatic carbocycles. The van der Waals surface area contributed by atoms with Gasteiger partial charge in [-0.25, -0.2) is 9.37 Å². The van der Waals surface area contributed by atoms with E-state index in [0.717, 1.165) is 6.07 Å². The number of nitrogens with zero attached hydrogens (tertiary/aromatic N) is 3. The van der Waals surface area contributed by atoms with Crippen LogP contribution < -0.4 is 5.73 Å². The summed E-state index contributed by atoms with van der Waals surface area (Å²) in [6.07, 6.45) is 1.29. The molecule has 96 valence electrons. The first-order valence-electron chi connectivity index (χ1n) is 5.28. The predicted octanol–water partition coefficient (Wildman–Crippen LogP) is 1.90. The van der Waals surface area contributed by atoms with Crippen molar-refractivity contribution in [1.82, 2.24) is 14.2 Å². The fourth-order valence-electron chi connectivity index (χ4n) is 1.28. The third-order valence-corrected chi connectivity index (χ3v) is 2.32. The van der Waals surface area contributed by atoms with Crippen LogP contribution in [-0.2, 0) is 0 Å². The predicted molar refractivity (Wildman–Crippen MR) is 69.7 cm³/mol. The van der Waals surface area contributed by atoms with Gasteiger partial charge in [0.2, 0.25) is 0 Å². The first-order valence-corrected chi connectivity index (χ1v) is 5.68. The quantitative estimate of drug-likeness (QED) is 0.817. The van der Waals surface area contributed by atoms with Gasteiger partial charge in [-0.15, -0.1) is 5.10 Å². The number of halogens is 1. The largest absolute Gasteiger partial charge is 0.366 e. The molecule has 0 radical (unpaired) electrons. The Morgan fingerprint density at radius 3 is 2.56 bits per heavy atom. The molecule has 1 aromatic heterocycles. The third kappa shape index (κ3) is 2.86. The number of aromatic nitrogens is 3. The van der Waals surface area contributed by atoms with E-state index in [1.54, 1.807) is 0 Å². The Bertz CT molecular complexity index is 556. The van der Waals surface area contributed by atoms with Gasteiger partial charge in [0.1, 0.15) is 12.1 Å². The number of carbonyl (C=O) groups is 1. The van der Waals surface area contributed by atoms with Crippen LogP contribution in [-0.4, -0.2) is 20.1 Å². The molecule has 18 heavy (non-hydrogen) atoms. The SMILES string of the molecule is CC.NC(=O)c1ccc(-c2ncnn2S)cc1F. The Morgan fingerprint density at radius 1 is 1.44 bits per heavy atom. The Kier molecular flexibility index (Phi) is 4.85. The highest BCUT2D eigenvalue weighted by Crippen LogP contribution is 2.20. The Hall–Kier alpha value is -1.89. The molecular formula is C11H13FN4OS. The average Bonchev–Trinajstić information content (AvgIpc) is 2.77. The third-order valence-electron chi connectivity index (χ3n) is 2.02. The summed E-state index contributed by atoms with van der Waals surface area (Å²) in [5.74, 6) is -1.11. The van der Waals surface area contributed by atoms with Gasteiger partial charge >= 0.3 is 0 Å². The monoisotopic (exact) mass is 268 g/mol. The van der Waals surface area contributed by atoms with Crippen LogP contribution in [0.5, 0.6) is 0 Å². The van der Waals surface area contributed by atoms with E-state index in [1.165, 1.54) is 22.5 Å². The number of nitrogens with two attached hydrogens (primary N) is 1. The number of amides is 1. The second kappa shape index (κ2) is 6.15. The highest BCUT2D eigenvalue weighted by molar-refractivity contribution is 7.78. The van der Waals surface area contributed by atoms with Crippen molar-refractivity contribution >= 4 is 18.7 Å². The molecule has 2 N–H and O–H groups in total. The van der Waals surface area contributed by atoms with Crippen LogP contribution in [0.25, 0.3) is 11.4 Å². The van der Waals surface area contributed by atoms with Crippen molar-refractivity contribution in [3.63, 3.8) is 0 Å². The lowest BCUT2D eigenvalue weighted by molar-refractivity contribution is 0.0996. The van der Waals surface area contributed by atoms with E-state index in [2.05, 4.69) is 22.9 Å². The van der Waals surface area contributed by atoms with Gasteiger partial charge in [-0.2, -0.15) is 4.09 Å². The second-order valence-electron chi connectivity index (χ2n) is 3.03. The Morgan fingerprint density at radius 2 is 2.11 bits per heavy atom. The zero-order valence-corrected chi connectivity index (χ0v) is 10.9. The molecule has 0 atom stereocenters. The number of thiol groups is 1. The highest BCUT2D eigenvalue weighted by atomic mass is 32.1. The van der Waals surface area contributed by atoms with Crippen molar-refractivity contribution in [2.24, 2.45) is 5.73 Å². The van der Waals surface area contributed by atoms with Gasteiger partial charge in [0, 0.05) is 5.56 Å². The molecule has 5 nitrogen and oxygen atoms in total. The summed E-state index contributed by atoms with van der Waals surface area (Å²) in [6, 6.07) is 3.99. The topological polar surface area (TPSA) is 73.8 Å². The lowest BCUT2D eigenvalue weighted by Gasteiger charge is -2.02. The van der Waals surface area contributed by atoms with Crippen molar-refractivity contribution in [2.75, 3.05) is 0 Å². The van der Waals surface area contributed by atoms with E-state index in [0.29, 0.717) is 11.4 Å². The van der Waals surface area contributed by atoms with Crippen molar-refractivity contribution < 1.29 is 9.18 Å². The smallest absolute Gasteiger partial charge is 0.251 e. The summed E-state index contributed by atoms with van der Waals surface area (Å²) in [5, 5.41) is 3.74. The van der Waals surface area contributed by atoms with Gasteiger partial charge < -0.3 is 5.73 Å². The van der Waals surface area contributed by atoms with Crippen LogP contribution in [0.3, 0.4) is 0 Å². The minimum absolute atomic E-state index is 0.158. The van der Waals surface area contributed by atoms with Gasteiger partial charge in [0.15, 0.2) is 5.82 Å². The van der Waals surface area contributed by atoms with Gasteiger partial charge in [0.05, 0.1) is 5.56 Å². The van der Waals surface area contributed by atoms with Crippen molar-refractivity contribution in [3.05, 3.63) is 35.9 Å². The van der Waals surface area contributed by atoms with Gasteiger partial charge in [0.25, 0.3) is 5.91 Å². The number of hydrogen-bond donors (Lipinski definition) is 2. The number of hydrogen-bond acceptors (Lipinski definition) is 4. The fourth-order valence-corrected chi connectivity index (χ4v) is 1.49. The summed E-state index contributed by atoms with van der Waals surface area (Å²) < 4.78 is 14.6. The van der Waals surface area contributed by atoms with Crippen LogP contribution >= 0.6 is 12.8 Å². The molecule has 0 bridgehead atoms. The molecule has 0 fully saturated rings. The lowest BCUT2D eigenvalue weighted by Crippen LogP contribution is -2.13. The zero-order chi connectivity index (χ0) is 13.7. The zero-order valence-electron chi connectivity index (χ0n) is 9.96. The summed E-state index contributed by atoms with van der Waals surface area (Å²) in [6.45, 7) is 4.00. The fraction of sp³-hybridized carbons (Fsp3) is 0.182. The first-order chi connectivity index (χ1) is 8.59. The van der Waals surface area contributed by atoms with E-state index >= 15 is 0 Å². The number of carbonyl (C=O) groups excluding carboxylic acids is 1. The molecule has 0 saturated heterocycles. The molecule has 1 aromatic carbocycles. The Balaban J connectivity index is 0.000000771. The number of rotatable bonds is 2. The van der Waals surface area contributed by atoms with Crippen molar-refractivity contribution in [3.8, 4) is 11.4 Å². The number of primary amides is 1. The summed E-state index contributed by atoms with van der Waals surface area (Å²) in [4.78, 5) is 14.7. The van der Waals surface area contributed by atoms with Crippen molar-refractivity contribution in [1.29, 1.82) is 0 Å². The van der Waals surface area contributed by atoms with E-state index < -0.39 is 11.7 Å². The highest BCUT2D eigenvalue weighted by Gasteiger charge is 2.11. The normalized spacial score (nSPS) is 9.56. The van der Waals surface area contributed by atoms with Gasteiger partial charge in [-0.3, -0.25) is 4.79 Å². The molecule has 0 aliphatic rings. The van der Waals surface area contributed by atoms with Crippen LogP contribution in [0.1, 0.15) is 24.2 Å². The molecule has 0 aliphatic heterocycles. The van der Waals surface area contributed by atoms with Crippen LogP contribution in [0.2, 0.25) is 0 Å². The molecule has 2 rings (SSSR count). The molecule has 0 unspecified atom stereocenters. The summed E-state index contributed by atoms with van der Waals surface area (Å²) in [5.41, 5.74) is 5.30. The first kappa shape index (κ1) is 14.2. The second-order valence-corrected chi connectivity index (χ2v) is 3.41. The molecule has 0 spiro atoms. The van der Waals surface area contributed by atoms with Crippen LogP contribution in [0, 0.1) is 5.82 Å². The standard InChI is InChI=1S/C9H7FN4OS.C2H6/c10-7-3-5(1-2-6(7)8(11)15)9-12-4-13-14(9)16;1-2/h1-4,16H,(H2,11,15);1-2H3. The molecule has 0 saturated carbocycles. The van der Waals surface area contributed by atoms with Gasteiger partial charge in [-0.05, 0) is 24.9 Å². The molecule has 2 aromatic rings. The molecule has 1 heterocycles. The molecule has 1 amide bonds. The Labute approximate surface area is 109 Å². The minimum Gasteiger partial charge on any atom is -0.366 e. The van der Waals surface area contributed by atoms with E-state index in [-0.39, 0.29) is 5.56 Å². The maximum absolute atomic E-state index is 13.4. The average molecular weight is 268 g/mol. The van der Waals surface area contributed by atoms with Crippen molar-refractivity contribution in [2.45, 2.75) is 13.8 Å². The van der Waals surface area contributed by atoms with E-state index in [4.69, 9.17) is 5.73 Å². The van der Waals surface area contributed by atoms with E-state index in [1.807, 2.05) is 13.8 Å². The maximum Gasteiger partial charge on any atom is 0.251 e. The lowest BCUT2D eigenvalue weighted by atomic mass is 10.1. The maximum atomic E-state index is 13.4. The number of benzene rings is 1.